The van der Waals surface area contributed by atoms with Gasteiger partial charge in [-0.2, -0.15) is 0 Å². The Bertz CT molecular complexity index is 1000. The van der Waals surface area contributed by atoms with Gasteiger partial charge in [-0.1, -0.05) is 36.8 Å². The summed E-state index contributed by atoms with van der Waals surface area (Å²) in [5.41, 5.74) is 2.25. The molecule has 1 aliphatic rings. The maximum absolute atomic E-state index is 12.5. The van der Waals surface area contributed by atoms with E-state index in [0.717, 1.165) is 30.6 Å². The van der Waals surface area contributed by atoms with Crippen molar-refractivity contribution in [3.63, 3.8) is 0 Å². The third kappa shape index (κ3) is 5.73. The molecule has 2 aromatic carbocycles. The van der Waals surface area contributed by atoms with E-state index in [1.807, 2.05) is 36.4 Å². The highest BCUT2D eigenvalue weighted by atomic mass is 16.3. The van der Waals surface area contributed by atoms with Crippen LogP contribution < -0.4 is 10.6 Å². The molecule has 1 saturated heterocycles. The van der Waals surface area contributed by atoms with Crippen molar-refractivity contribution >= 4 is 28.5 Å². The molecule has 0 saturated carbocycles. The van der Waals surface area contributed by atoms with Gasteiger partial charge >= 0.3 is 0 Å². The normalized spacial score (nSPS) is 15.5. The van der Waals surface area contributed by atoms with Crippen LogP contribution in [0.2, 0.25) is 0 Å². The topological polar surface area (TPSA) is 74.6 Å². The summed E-state index contributed by atoms with van der Waals surface area (Å²) in [5.74, 6) is -0.0100. The van der Waals surface area contributed by atoms with E-state index < -0.39 is 0 Å². The van der Waals surface area contributed by atoms with Crippen molar-refractivity contribution in [2.75, 3.05) is 25.0 Å². The predicted molar refractivity (Wildman–Crippen MR) is 122 cm³/mol. The monoisotopic (exact) mass is 419 g/mol. The Morgan fingerprint density at radius 2 is 1.77 bits per heavy atom. The number of nitrogens with zero attached hydrogens (tertiary/aromatic N) is 1. The molecule has 0 bridgehead atoms. The third-order valence-corrected chi connectivity index (χ3v) is 5.61. The fourth-order valence-electron chi connectivity index (χ4n) is 4.08. The minimum atomic E-state index is -0.298. The number of hydrogen-bond donors (Lipinski definition) is 2. The highest BCUT2D eigenvalue weighted by Gasteiger charge is 2.16. The Labute approximate surface area is 182 Å². The van der Waals surface area contributed by atoms with Gasteiger partial charge in [0.05, 0.1) is 6.42 Å². The van der Waals surface area contributed by atoms with Crippen molar-refractivity contribution in [2.24, 2.45) is 0 Å². The van der Waals surface area contributed by atoms with E-state index in [0.29, 0.717) is 17.7 Å². The van der Waals surface area contributed by atoms with Crippen molar-refractivity contribution in [1.29, 1.82) is 0 Å². The van der Waals surface area contributed by atoms with Crippen LogP contribution in [0, 0.1) is 0 Å². The zero-order valence-corrected chi connectivity index (χ0v) is 17.9. The summed E-state index contributed by atoms with van der Waals surface area (Å²) in [6, 6.07) is 16.7. The van der Waals surface area contributed by atoms with Gasteiger partial charge in [0.25, 0.3) is 5.91 Å². The molecule has 2 amide bonds. The lowest BCUT2D eigenvalue weighted by atomic mass is 10.1. The van der Waals surface area contributed by atoms with Crippen molar-refractivity contribution in [3.8, 4) is 0 Å². The lowest BCUT2D eigenvalue weighted by Crippen LogP contribution is -2.44. The second-order valence-corrected chi connectivity index (χ2v) is 8.31. The Morgan fingerprint density at radius 3 is 2.52 bits per heavy atom. The summed E-state index contributed by atoms with van der Waals surface area (Å²) in [4.78, 5) is 27.3. The molecule has 6 heteroatoms. The SMILES string of the molecule is CC(CN1CCCCC1)NC(=O)Cc1ccc(NC(=O)c2cc3ccccc3o2)cc1. The number of para-hydroxylation sites is 1. The number of nitrogens with one attached hydrogen (secondary N) is 2. The molecule has 162 valence electrons. The van der Waals surface area contributed by atoms with Gasteiger partial charge < -0.3 is 20.0 Å². The van der Waals surface area contributed by atoms with Gasteiger partial charge in [0.1, 0.15) is 5.58 Å². The minimum Gasteiger partial charge on any atom is -0.451 e. The first-order chi connectivity index (χ1) is 15.1. The van der Waals surface area contributed by atoms with Crippen LogP contribution in [0.5, 0.6) is 0 Å². The first-order valence-electron chi connectivity index (χ1n) is 11.0. The number of hydrogen-bond acceptors (Lipinski definition) is 4. The second-order valence-electron chi connectivity index (χ2n) is 8.31. The molecule has 1 unspecified atom stereocenters. The number of anilines is 1. The Morgan fingerprint density at radius 1 is 1.03 bits per heavy atom. The number of piperidine rings is 1. The van der Waals surface area contributed by atoms with Gasteiger partial charge in [0, 0.05) is 23.7 Å². The molecule has 1 atom stereocenters. The maximum Gasteiger partial charge on any atom is 0.291 e. The average Bonchev–Trinajstić information content (AvgIpc) is 3.20. The molecule has 1 aromatic heterocycles. The highest BCUT2D eigenvalue weighted by molar-refractivity contribution is 6.04. The quantitative estimate of drug-likeness (QED) is 0.601. The number of benzene rings is 2. The van der Waals surface area contributed by atoms with E-state index in [4.69, 9.17) is 4.42 Å². The lowest BCUT2D eigenvalue weighted by molar-refractivity contribution is -0.121. The van der Waals surface area contributed by atoms with Crippen LogP contribution in [0.3, 0.4) is 0 Å². The number of amides is 2. The van der Waals surface area contributed by atoms with E-state index >= 15 is 0 Å². The van der Waals surface area contributed by atoms with Crippen LogP contribution in [0.4, 0.5) is 5.69 Å². The van der Waals surface area contributed by atoms with E-state index in [1.165, 1.54) is 19.3 Å². The molecule has 31 heavy (non-hydrogen) atoms. The molecular weight excluding hydrogens is 390 g/mol. The van der Waals surface area contributed by atoms with Gasteiger partial charge in [-0.15, -0.1) is 0 Å². The number of rotatable bonds is 7. The first-order valence-corrected chi connectivity index (χ1v) is 11.0. The largest absolute Gasteiger partial charge is 0.451 e. The van der Waals surface area contributed by atoms with E-state index in [9.17, 15) is 9.59 Å². The average molecular weight is 420 g/mol. The van der Waals surface area contributed by atoms with Crippen molar-refractivity contribution in [2.45, 2.75) is 38.6 Å². The van der Waals surface area contributed by atoms with Gasteiger partial charge in [-0.25, -0.2) is 0 Å². The fraction of sp³-hybridized carbons (Fsp3) is 0.360. The van der Waals surface area contributed by atoms with E-state index in [2.05, 4.69) is 22.5 Å². The van der Waals surface area contributed by atoms with Crippen molar-refractivity contribution in [1.82, 2.24) is 10.2 Å². The summed E-state index contributed by atoms with van der Waals surface area (Å²) < 4.78 is 5.60. The van der Waals surface area contributed by atoms with Crippen LogP contribution in [0.1, 0.15) is 42.3 Å². The van der Waals surface area contributed by atoms with Gasteiger partial charge in [0.2, 0.25) is 5.91 Å². The standard InChI is InChI=1S/C25H29N3O3/c1-18(17-28-13-5-2-6-14-28)26-24(29)15-19-9-11-21(12-10-19)27-25(30)23-16-20-7-3-4-8-22(20)31-23/h3-4,7-12,16,18H,2,5-6,13-15,17H2,1H3,(H,26,29)(H,27,30). The minimum absolute atomic E-state index is 0.0172. The third-order valence-electron chi connectivity index (χ3n) is 5.61. The molecular formula is C25H29N3O3. The highest BCUT2D eigenvalue weighted by Crippen LogP contribution is 2.20. The summed E-state index contributed by atoms with van der Waals surface area (Å²) in [5, 5.41) is 6.82. The zero-order valence-electron chi connectivity index (χ0n) is 17.9. The Hall–Kier alpha value is -3.12. The number of furan rings is 1. The molecule has 4 rings (SSSR count). The summed E-state index contributed by atoms with van der Waals surface area (Å²) in [6.45, 7) is 5.21. The molecule has 0 aliphatic carbocycles. The summed E-state index contributed by atoms with van der Waals surface area (Å²) in [6.07, 6.45) is 4.13. The predicted octanol–water partition coefficient (Wildman–Crippen LogP) is 4.22. The molecule has 3 aromatic rings. The van der Waals surface area contributed by atoms with Crippen LogP contribution >= 0.6 is 0 Å². The fourth-order valence-corrected chi connectivity index (χ4v) is 4.08. The van der Waals surface area contributed by atoms with E-state index in [1.54, 1.807) is 18.2 Å². The molecule has 0 spiro atoms. The van der Waals surface area contributed by atoms with E-state index in [-0.39, 0.29) is 23.6 Å². The van der Waals surface area contributed by atoms with Gasteiger partial charge in [0.15, 0.2) is 5.76 Å². The molecule has 2 N–H and O–H groups in total. The number of carbonyl (C=O) groups excluding carboxylic acids is 2. The van der Waals surface area contributed by atoms with Gasteiger partial charge in [-0.3, -0.25) is 9.59 Å². The van der Waals surface area contributed by atoms with Crippen LogP contribution in [-0.4, -0.2) is 42.4 Å². The summed E-state index contributed by atoms with van der Waals surface area (Å²) in [7, 11) is 0. The molecule has 1 aliphatic heterocycles. The second kappa shape index (κ2) is 9.79. The number of carbonyl (C=O) groups is 2. The Kier molecular flexibility index (Phi) is 6.67. The molecule has 2 heterocycles. The van der Waals surface area contributed by atoms with Crippen LogP contribution in [0.25, 0.3) is 11.0 Å². The zero-order chi connectivity index (χ0) is 21.6. The maximum atomic E-state index is 12.5. The smallest absolute Gasteiger partial charge is 0.291 e. The molecule has 1 fully saturated rings. The number of fused-ring (bicyclic) bond motifs is 1. The number of likely N-dealkylation sites (tertiary alicyclic amines) is 1. The van der Waals surface area contributed by atoms with Gasteiger partial charge in [-0.05, 0) is 62.7 Å². The van der Waals surface area contributed by atoms with Crippen LogP contribution in [0.15, 0.2) is 59.0 Å². The van der Waals surface area contributed by atoms with Crippen LogP contribution in [-0.2, 0) is 11.2 Å². The lowest BCUT2D eigenvalue weighted by Gasteiger charge is -2.29. The first kappa shape index (κ1) is 21.1. The molecule has 0 radical (unpaired) electrons. The molecule has 6 nitrogen and oxygen atoms in total. The van der Waals surface area contributed by atoms with Crippen molar-refractivity contribution in [3.05, 3.63) is 65.9 Å². The van der Waals surface area contributed by atoms with Crippen molar-refractivity contribution < 1.29 is 14.0 Å². The summed E-state index contributed by atoms with van der Waals surface area (Å²) >= 11 is 0. The Balaban J connectivity index is 1.27.